The number of benzene rings is 3. The number of carbonyl (C=O) groups excluding carboxylic acids is 1. The van der Waals surface area contributed by atoms with Crippen LogP contribution >= 0.6 is 15.9 Å². The molecule has 0 fully saturated rings. The van der Waals surface area contributed by atoms with Gasteiger partial charge in [-0.1, -0.05) is 52.3 Å². The maximum atomic E-state index is 13.4. The average molecular weight is 476 g/mol. The highest BCUT2D eigenvalue weighted by molar-refractivity contribution is 9.10. The van der Waals surface area contributed by atoms with Crippen molar-refractivity contribution < 1.29 is 9.53 Å². The number of fused-ring (bicyclic) bond motifs is 2. The zero-order valence-electron chi connectivity index (χ0n) is 16.4. The minimum absolute atomic E-state index is 0.210. The molecule has 0 aliphatic carbocycles. The van der Waals surface area contributed by atoms with Crippen molar-refractivity contribution in [2.24, 2.45) is 0 Å². The van der Waals surface area contributed by atoms with Crippen molar-refractivity contribution in [3.63, 3.8) is 0 Å². The zero-order valence-corrected chi connectivity index (χ0v) is 18.0. The van der Waals surface area contributed by atoms with E-state index in [1.165, 1.54) is 4.68 Å². The summed E-state index contributed by atoms with van der Waals surface area (Å²) in [5.41, 5.74) is 1.46. The molecular formula is C24H18BrN3O3. The number of halogens is 1. The fourth-order valence-corrected chi connectivity index (χ4v) is 4.22. The molecule has 1 aromatic heterocycles. The van der Waals surface area contributed by atoms with Crippen molar-refractivity contribution in [1.82, 2.24) is 15.1 Å². The van der Waals surface area contributed by atoms with E-state index in [1.807, 2.05) is 36.4 Å². The molecule has 1 aliphatic heterocycles. The predicted molar refractivity (Wildman–Crippen MR) is 122 cm³/mol. The first kappa shape index (κ1) is 19.5. The summed E-state index contributed by atoms with van der Waals surface area (Å²) < 4.78 is 7.92. The Kier molecular flexibility index (Phi) is 5.03. The maximum absolute atomic E-state index is 13.4. The molecule has 0 spiro atoms. The molecule has 31 heavy (non-hydrogen) atoms. The lowest BCUT2D eigenvalue weighted by atomic mass is 10.00. The van der Waals surface area contributed by atoms with Gasteiger partial charge in [-0.2, -0.15) is 9.78 Å². The smallest absolute Gasteiger partial charge is 0.279 e. The van der Waals surface area contributed by atoms with Crippen molar-refractivity contribution in [1.29, 1.82) is 0 Å². The average Bonchev–Trinajstić information content (AvgIpc) is 2.80. The molecule has 1 N–H and O–H groups in total. The van der Waals surface area contributed by atoms with E-state index in [4.69, 9.17) is 4.74 Å². The first-order chi connectivity index (χ1) is 15.1. The molecule has 5 rings (SSSR count). The van der Waals surface area contributed by atoms with Gasteiger partial charge in [0.25, 0.3) is 11.5 Å². The van der Waals surface area contributed by atoms with E-state index >= 15 is 0 Å². The van der Waals surface area contributed by atoms with E-state index in [0.29, 0.717) is 29.5 Å². The lowest BCUT2D eigenvalue weighted by molar-refractivity contribution is 0.0920. The van der Waals surface area contributed by atoms with E-state index in [2.05, 4.69) is 26.3 Å². The molecule has 1 unspecified atom stereocenters. The Balaban J connectivity index is 1.59. The number of hydrogen-bond donors (Lipinski definition) is 1. The summed E-state index contributed by atoms with van der Waals surface area (Å²) in [6.45, 7) is 0.511. The lowest BCUT2D eigenvalue weighted by Gasteiger charge is -2.27. The van der Waals surface area contributed by atoms with Crippen molar-refractivity contribution in [3.05, 3.63) is 98.9 Å². The van der Waals surface area contributed by atoms with Gasteiger partial charge in [-0.25, -0.2) is 0 Å². The van der Waals surface area contributed by atoms with Crippen molar-refractivity contribution in [2.75, 3.05) is 6.61 Å². The van der Waals surface area contributed by atoms with Crippen LogP contribution in [0.15, 0.2) is 82.1 Å². The Labute approximate surface area is 186 Å². The molecule has 154 valence electrons. The Bertz CT molecular complexity index is 1350. The van der Waals surface area contributed by atoms with Crippen molar-refractivity contribution in [3.8, 4) is 11.4 Å². The lowest BCUT2D eigenvalue weighted by Crippen LogP contribution is -2.34. The minimum atomic E-state index is -0.335. The van der Waals surface area contributed by atoms with Gasteiger partial charge in [0.2, 0.25) is 0 Å². The summed E-state index contributed by atoms with van der Waals surface area (Å²) in [4.78, 5) is 26.4. The maximum Gasteiger partial charge on any atom is 0.279 e. The molecule has 0 saturated carbocycles. The second-order valence-electron chi connectivity index (χ2n) is 7.29. The SMILES string of the molecule is O=C(NC1CCOc2ccc(Br)cc21)c1nn(-c2ccccc2)c(=O)c2ccccc12. The highest BCUT2D eigenvalue weighted by Crippen LogP contribution is 2.34. The van der Waals surface area contributed by atoms with E-state index in [9.17, 15) is 9.59 Å². The van der Waals surface area contributed by atoms with E-state index in [1.54, 1.807) is 36.4 Å². The number of amides is 1. The molecule has 6 nitrogen and oxygen atoms in total. The predicted octanol–water partition coefficient (Wildman–Crippen LogP) is 4.40. The molecule has 4 aromatic rings. The number of ether oxygens (including phenoxy) is 1. The molecule has 2 heterocycles. The number of aromatic nitrogens is 2. The Morgan fingerprint density at radius 1 is 1.03 bits per heavy atom. The van der Waals surface area contributed by atoms with Crippen LogP contribution in [-0.2, 0) is 0 Å². The van der Waals surface area contributed by atoms with Gasteiger partial charge in [-0.15, -0.1) is 0 Å². The van der Waals surface area contributed by atoms with Gasteiger partial charge in [-0.3, -0.25) is 9.59 Å². The number of hydrogen-bond acceptors (Lipinski definition) is 4. The van der Waals surface area contributed by atoms with Crippen LogP contribution in [0.5, 0.6) is 5.75 Å². The topological polar surface area (TPSA) is 73.2 Å². The molecule has 1 aliphatic rings. The highest BCUT2D eigenvalue weighted by Gasteiger charge is 2.26. The van der Waals surface area contributed by atoms with Gasteiger partial charge in [0.05, 0.1) is 23.7 Å². The summed E-state index contributed by atoms with van der Waals surface area (Å²) in [5, 5.41) is 8.52. The molecule has 0 saturated heterocycles. The van der Waals surface area contributed by atoms with Gasteiger partial charge in [-0.05, 0) is 36.4 Å². The summed E-state index contributed by atoms with van der Waals surface area (Å²) in [5.74, 6) is 0.422. The van der Waals surface area contributed by atoms with Crippen LogP contribution in [-0.4, -0.2) is 22.3 Å². The third kappa shape index (κ3) is 3.61. The van der Waals surface area contributed by atoms with Crippen LogP contribution in [0.1, 0.15) is 28.5 Å². The van der Waals surface area contributed by atoms with E-state index in [-0.39, 0.29) is 23.2 Å². The molecule has 7 heteroatoms. The fourth-order valence-electron chi connectivity index (χ4n) is 3.84. The van der Waals surface area contributed by atoms with Crippen LogP contribution in [0.4, 0.5) is 0 Å². The minimum Gasteiger partial charge on any atom is -0.493 e. The van der Waals surface area contributed by atoms with Gasteiger partial charge in [0.15, 0.2) is 5.69 Å². The third-order valence-electron chi connectivity index (χ3n) is 5.34. The highest BCUT2D eigenvalue weighted by atomic mass is 79.9. The van der Waals surface area contributed by atoms with Crippen molar-refractivity contribution >= 4 is 32.6 Å². The largest absolute Gasteiger partial charge is 0.493 e. The Morgan fingerprint density at radius 3 is 2.58 bits per heavy atom. The van der Waals surface area contributed by atoms with Crippen LogP contribution < -0.4 is 15.6 Å². The molecule has 3 aromatic carbocycles. The van der Waals surface area contributed by atoms with Crippen LogP contribution in [0.2, 0.25) is 0 Å². The quantitative estimate of drug-likeness (QED) is 0.476. The third-order valence-corrected chi connectivity index (χ3v) is 5.83. The van der Waals surface area contributed by atoms with Gasteiger partial charge in [0, 0.05) is 21.8 Å². The fraction of sp³-hybridized carbons (Fsp3) is 0.125. The molecule has 1 amide bonds. The van der Waals surface area contributed by atoms with Crippen LogP contribution in [0.25, 0.3) is 16.5 Å². The Morgan fingerprint density at radius 2 is 1.77 bits per heavy atom. The number of nitrogens with zero attached hydrogens (tertiary/aromatic N) is 2. The van der Waals surface area contributed by atoms with E-state index < -0.39 is 0 Å². The second-order valence-corrected chi connectivity index (χ2v) is 8.21. The summed E-state index contributed by atoms with van der Waals surface area (Å²) >= 11 is 3.49. The molecule has 0 radical (unpaired) electrons. The van der Waals surface area contributed by atoms with Gasteiger partial charge < -0.3 is 10.1 Å². The first-order valence-electron chi connectivity index (χ1n) is 9.92. The van der Waals surface area contributed by atoms with Crippen molar-refractivity contribution in [2.45, 2.75) is 12.5 Å². The van der Waals surface area contributed by atoms with Crippen LogP contribution in [0, 0.1) is 0 Å². The van der Waals surface area contributed by atoms with Gasteiger partial charge >= 0.3 is 0 Å². The standard InChI is InChI=1S/C24H18BrN3O3/c25-15-10-11-21-19(14-15)20(12-13-31-21)26-23(29)22-17-8-4-5-9-18(17)24(30)28(27-22)16-6-2-1-3-7-16/h1-11,14,20H,12-13H2,(H,26,29). The van der Waals surface area contributed by atoms with E-state index in [0.717, 1.165) is 15.8 Å². The normalized spacial score (nSPS) is 15.2. The summed E-state index contributed by atoms with van der Waals surface area (Å²) in [6, 6.07) is 21.7. The van der Waals surface area contributed by atoms with Crippen LogP contribution in [0.3, 0.4) is 0 Å². The number of para-hydroxylation sites is 1. The number of nitrogens with one attached hydrogen (secondary N) is 1. The van der Waals surface area contributed by atoms with Gasteiger partial charge in [0.1, 0.15) is 5.75 Å². The monoisotopic (exact) mass is 475 g/mol. The summed E-state index contributed by atoms with van der Waals surface area (Å²) in [7, 11) is 0. The number of rotatable bonds is 3. The molecule has 1 atom stereocenters. The summed E-state index contributed by atoms with van der Waals surface area (Å²) in [6.07, 6.45) is 0.644. The molecule has 0 bridgehead atoms. The molecular weight excluding hydrogens is 458 g/mol. The zero-order chi connectivity index (χ0) is 21.4. The Hall–Kier alpha value is -3.45. The number of carbonyl (C=O) groups is 1. The first-order valence-corrected chi connectivity index (χ1v) is 10.7. The second kappa shape index (κ2) is 8.00.